The molecule has 2 amide bonds. The highest BCUT2D eigenvalue weighted by Gasteiger charge is 2.35. The van der Waals surface area contributed by atoms with E-state index in [2.05, 4.69) is 5.32 Å². The van der Waals surface area contributed by atoms with Gasteiger partial charge in [-0.05, 0) is 102 Å². The number of benzene rings is 4. The number of nitrogens with one attached hydrogen (secondary N) is 1. The summed E-state index contributed by atoms with van der Waals surface area (Å²) < 4.78 is 11.2. The second-order valence-corrected chi connectivity index (χ2v) is 11.7. The summed E-state index contributed by atoms with van der Waals surface area (Å²) in [6.45, 7) is -0.272. The van der Waals surface area contributed by atoms with E-state index in [4.69, 9.17) is 60.9 Å². The Hall–Kier alpha value is -3.66. The number of hydrogen-bond acceptors (Lipinski definition) is 6. The van der Waals surface area contributed by atoms with Gasteiger partial charge in [0.2, 0.25) is 0 Å². The maximum absolute atomic E-state index is 13.6. The highest BCUT2D eigenvalue weighted by Crippen LogP contribution is 2.39. The lowest BCUT2D eigenvalue weighted by atomic mass is 10.1. The minimum absolute atomic E-state index is 0.252. The maximum Gasteiger partial charge on any atom is 0.271 e. The zero-order valence-corrected chi connectivity index (χ0v) is 26.2. The van der Waals surface area contributed by atoms with Crippen molar-refractivity contribution in [3.8, 4) is 11.5 Å². The van der Waals surface area contributed by atoms with Crippen LogP contribution in [0.15, 0.2) is 94.8 Å². The third-order valence-corrected chi connectivity index (χ3v) is 8.20. The second kappa shape index (κ2) is 13.8. The van der Waals surface area contributed by atoms with Crippen molar-refractivity contribution < 1.29 is 19.1 Å². The first kappa shape index (κ1) is 30.8. The molecule has 1 saturated heterocycles. The van der Waals surface area contributed by atoms with Gasteiger partial charge in [-0.25, -0.2) is 4.99 Å². The molecule has 0 spiro atoms. The number of amides is 2. The number of aliphatic imine (C=N–C) groups is 1. The van der Waals surface area contributed by atoms with Crippen LogP contribution >= 0.6 is 58.2 Å². The molecule has 0 bridgehead atoms. The van der Waals surface area contributed by atoms with E-state index in [0.29, 0.717) is 64.3 Å². The Labute approximate surface area is 272 Å². The number of methoxy groups -OCH3 is 1. The van der Waals surface area contributed by atoms with Crippen molar-refractivity contribution in [2.24, 2.45) is 4.99 Å². The number of rotatable bonds is 8. The molecule has 4 aromatic carbocycles. The van der Waals surface area contributed by atoms with Gasteiger partial charge in [0, 0.05) is 15.7 Å². The quantitative estimate of drug-likeness (QED) is 0.189. The number of amidine groups is 1. The fourth-order valence-electron chi connectivity index (χ4n) is 3.95. The molecule has 1 aliphatic rings. The molecule has 1 N–H and O–H groups in total. The molecule has 0 aliphatic carbocycles. The molecular weight excluding hydrogens is 652 g/mol. The summed E-state index contributed by atoms with van der Waals surface area (Å²) >= 11 is 25.3. The Morgan fingerprint density at radius 2 is 1.58 bits per heavy atom. The van der Waals surface area contributed by atoms with E-state index in [1.165, 1.54) is 23.8 Å². The fraction of sp³-hybridized carbons (Fsp3) is 0.0645. The van der Waals surface area contributed by atoms with Crippen LogP contribution in [-0.2, 0) is 9.59 Å². The Morgan fingerprint density at radius 3 is 2.26 bits per heavy atom. The average Bonchev–Trinajstić information content (AvgIpc) is 3.29. The van der Waals surface area contributed by atoms with Gasteiger partial charge < -0.3 is 14.8 Å². The summed E-state index contributed by atoms with van der Waals surface area (Å²) in [5.41, 5.74) is 2.44. The Bertz CT molecular complexity index is 1750. The standard InChI is InChI=1S/C31H21Cl4N3O4S/c1-41-27-14-18(2-13-26(27)42-17-29(39)36-22-9-12-24(34)25(35)16-22)15-28-30(40)38(23-10-5-20(33)6-11-23)31(43-28)37-21-7-3-19(32)4-8-21/h2-16H,17H2,1H3,(H,36,39)/b28-15+,37-31?. The van der Waals surface area contributed by atoms with E-state index < -0.39 is 5.91 Å². The first-order chi connectivity index (χ1) is 20.7. The lowest BCUT2D eigenvalue weighted by Gasteiger charge is -2.15. The van der Waals surface area contributed by atoms with Crippen molar-refractivity contribution in [2.45, 2.75) is 0 Å². The van der Waals surface area contributed by atoms with Crippen molar-refractivity contribution >= 4 is 98.3 Å². The van der Waals surface area contributed by atoms with Crippen LogP contribution in [0.3, 0.4) is 0 Å². The van der Waals surface area contributed by atoms with Gasteiger partial charge in [0.15, 0.2) is 23.3 Å². The number of anilines is 2. The van der Waals surface area contributed by atoms with Gasteiger partial charge in [-0.1, -0.05) is 52.5 Å². The first-order valence-electron chi connectivity index (χ1n) is 12.6. The molecule has 4 aromatic rings. The molecule has 12 heteroatoms. The van der Waals surface area contributed by atoms with Crippen LogP contribution in [0.1, 0.15) is 5.56 Å². The minimum Gasteiger partial charge on any atom is -0.493 e. The molecule has 218 valence electrons. The fourth-order valence-corrected chi connectivity index (χ4v) is 5.50. The number of nitrogens with zero attached hydrogens (tertiary/aromatic N) is 2. The number of carbonyl (C=O) groups excluding carboxylic acids is 2. The number of thioether (sulfide) groups is 1. The molecule has 1 fully saturated rings. The third kappa shape index (κ3) is 7.65. The predicted octanol–water partition coefficient (Wildman–Crippen LogP) is 9.13. The summed E-state index contributed by atoms with van der Waals surface area (Å²) in [5, 5.41) is 5.02. The number of ether oxygens (including phenoxy) is 2. The molecule has 0 unspecified atom stereocenters. The molecule has 7 nitrogen and oxygen atoms in total. The first-order valence-corrected chi connectivity index (χ1v) is 14.9. The molecular formula is C31H21Cl4N3O4S. The van der Waals surface area contributed by atoms with Crippen molar-refractivity contribution in [2.75, 3.05) is 23.9 Å². The average molecular weight is 673 g/mol. The topological polar surface area (TPSA) is 80.2 Å². The summed E-state index contributed by atoms with van der Waals surface area (Å²) in [7, 11) is 1.49. The van der Waals surface area contributed by atoms with Crippen molar-refractivity contribution in [3.05, 3.63) is 115 Å². The molecule has 43 heavy (non-hydrogen) atoms. The van der Waals surface area contributed by atoms with E-state index >= 15 is 0 Å². The van der Waals surface area contributed by atoms with Crippen molar-refractivity contribution in [1.82, 2.24) is 0 Å². The summed E-state index contributed by atoms with van der Waals surface area (Å²) in [4.78, 5) is 32.7. The Kier molecular flexibility index (Phi) is 9.85. The van der Waals surface area contributed by atoms with Gasteiger partial charge in [0.05, 0.1) is 33.4 Å². The summed E-state index contributed by atoms with van der Waals surface area (Å²) in [6, 6.07) is 23.9. The molecule has 0 saturated carbocycles. The van der Waals surface area contributed by atoms with Crippen LogP contribution < -0.4 is 19.7 Å². The van der Waals surface area contributed by atoms with Crippen molar-refractivity contribution in [1.29, 1.82) is 0 Å². The minimum atomic E-state index is -0.394. The number of halogens is 4. The van der Waals surface area contributed by atoms with Crippen LogP contribution in [0, 0.1) is 0 Å². The van der Waals surface area contributed by atoms with Gasteiger partial charge in [0.25, 0.3) is 11.8 Å². The second-order valence-electron chi connectivity index (χ2n) is 8.97. The molecule has 0 aromatic heterocycles. The van der Waals surface area contributed by atoms with Crippen LogP contribution in [0.4, 0.5) is 17.1 Å². The van der Waals surface area contributed by atoms with Crippen molar-refractivity contribution in [3.63, 3.8) is 0 Å². The van der Waals surface area contributed by atoms with Gasteiger partial charge in [0.1, 0.15) is 0 Å². The normalized spacial score (nSPS) is 14.8. The SMILES string of the molecule is COc1cc(/C=C2/SC(=Nc3ccc(Cl)cc3)N(c3ccc(Cl)cc3)C2=O)ccc1OCC(=O)Nc1ccc(Cl)c(Cl)c1. The van der Waals surface area contributed by atoms with Gasteiger partial charge in [-0.3, -0.25) is 14.5 Å². The van der Waals surface area contributed by atoms with E-state index in [1.807, 2.05) is 0 Å². The number of hydrogen-bond donors (Lipinski definition) is 1. The van der Waals surface area contributed by atoms with Gasteiger partial charge in [-0.2, -0.15) is 0 Å². The van der Waals surface area contributed by atoms with Crippen LogP contribution in [0.5, 0.6) is 11.5 Å². The highest BCUT2D eigenvalue weighted by atomic mass is 35.5. The summed E-state index contributed by atoms with van der Waals surface area (Å²) in [5.74, 6) is 0.0940. The van der Waals surface area contributed by atoms with Crippen LogP contribution in [0.2, 0.25) is 20.1 Å². The van der Waals surface area contributed by atoms with E-state index in [0.717, 1.165) is 0 Å². The molecule has 1 aliphatic heterocycles. The lowest BCUT2D eigenvalue weighted by Crippen LogP contribution is -2.28. The predicted molar refractivity (Wildman–Crippen MR) is 177 cm³/mol. The monoisotopic (exact) mass is 671 g/mol. The smallest absolute Gasteiger partial charge is 0.271 e. The molecule has 0 radical (unpaired) electrons. The van der Waals surface area contributed by atoms with Crippen LogP contribution in [0.25, 0.3) is 6.08 Å². The molecule has 1 heterocycles. The lowest BCUT2D eigenvalue weighted by molar-refractivity contribution is -0.118. The molecule has 0 atom stereocenters. The van der Waals surface area contributed by atoms with Crippen LogP contribution in [-0.4, -0.2) is 30.7 Å². The largest absolute Gasteiger partial charge is 0.493 e. The molecule has 5 rings (SSSR count). The summed E-state index contributed by atoms with van der Waals surface area (Å²) in [6.07, 6.45) is 1.74. The van der Waals surface area contributed by atoms with Gasteiger partial charge >= 0.3 is 0 Å². The zero-order chi connectivity index (χ0) is 30.5. The van der Waals surface area contributed by atoms with E-state index in [9.17, 15) is 9.59 Å². The number of carbonyl (C=O) groups is 2. The maximum atomic E-state index is 13.6. The van der Waals surface area contributed by atoms with E-state index in [1.54, 1.807) is 91.0 Å². The Balaban J connectivity index is 1.36. The van der Waals surface area contributed by atoms with Gasteiger partial charge in [-0.15, -0.1) is 0 Å². The van der Waals surface area contributed by atoms with E-state index in [-0.39, 0.29) is 12.5 Å². The Morgan fingerprint density at radius 1 is 0.884 bits per heavy atom. The third-order valence-electron chi connectivity index (χ3n) is 5.99. The highest BCUT2D eigenvalue weighted by molar-refractivity contribution is 8.19. The zero-order valence-electron chi connectivity index (χ0n) is 22.3.